The first-order valence-electron chi connectivity index (χ1n) is 5.84. The first kappa shape index (κ1) is 14.7. The molecular formula is C13H13ClN2O3S. The molecule has 2 rings (SSSR count). The molecule has 0 aliphatic heterocycles. The van der Waals surface area contributed by atoms with Gasteiger partial charge in [0.15, 0.2) is 0 Å². The van der Waals surface area contributed by atoms with Gasteiger partial charge in [-0.3, -0.25) is 10.1 Å². The van der Waals surface area contributed by atoms with E-state index < -0.39 is 4.92 Å². The Hall–Kier alpha value is -1.66. The number of nitrogens with zero attached hydrogens (tertiary/aromatic N) is 1. The molecule has 7 heteroatoms. The molecule has 0 bridgehead atoms. The maximum atomic E-state index is 10.8. The number of anilines is 1. The Labute approximate surface area is 125 Å². The number of furan rings is 1. The topological polar surface area (TPSA) is 68.3 Å². The summed E-state index contributed by atoms with van der Waals surface area (Å²) in [5.41, 5.74) is 0.517. The molecule has 1 aromatic heterocycles. The normalized spacial score (nSPS) is 10.5. The zero-order valence-corrected chi connectivity index (χ0v) is 12.3. The predicted molar refractivity (Wildman–Crippen MR) is 81.4 cm³/mol. The number of hydrogen-bond donors (Lipinski definition) is 1. The molecule has 0 saturated carbocycles. The maximum Gasteiger partial charge on any atom is 0.289 e. The molecule has 1 aromatic carbocycles. The smallest absolute Gasteiger partial charge is 0.289 e. The highest BCUT2D eigenvalue weighted by molar-refractivity contribution is 7.97. The van der Waals surface area contributed by atoms with Crippen LogP contribution in [0.2, 0.25) is 5.02 Å². The van der Waals surface area contributed by atoms with Crippen LogP contribution in [0.1, 0.15) is 11.5 Å². The van der Waals surface area contributed by atoms with Gasteiger partial charge in [-0.1, -0.05) is 11.6 Å². The molecule has 1 N–H and O–H groups in total. The van der Waals surface area contributed by atoms with E-state index in [1.54, 1.807) is 17.8 Å². The van der Waals surface area contributed by atoms with Crippen LogP contribution >= 0.6 is 23.4 Å². The number of hydrogen-bond acceptors (Lipinski definition) is 5. The van der Waals surface area contributed by atoms with Crippen molar-refractivity contribution in [3.05, 3.63) is 57.0 Å². The number of benzene rings is 1. The molecule has 0 amide bonds. The van der Waals surface area contributed by atoms with Crippen molar-refractivity contribution in [1.82, 2.24) is 0 Å². The summed E-state index contributed by atoms with van der Waals surface area (Å²) in [6.07, 6.45) is 2.01. The van der Waals surface area contributed by atoms with E-state index in [9.17, 15) is 10.1 Å². The van der Waals surface area contributed by atoms with Crippen molar-refractivity contribution in [2.75, 3.05) is 11.6 Å². The summed E-state index contributed by atoms with van der Waals surface area (Å²) < 4.78 is 5.60. The van der Waals surface area contributed by atoms with Gasteiger partial charge in [0.1, 0.15) is 16.5 Å². The third-order valence-corrected chi connectivity index (χ3v) is 3.51. The first-order valence-corrected chi connectivity index (χ1v) is 7.61. The van der Waals surface area contributed by atoms with Gasteiger partial charge in [0, 0.05) is 11.8 Å². The Morgan fingerprint density at radius 2 is 2.10 bits per heavy atom. The minimum atomic E-state index is -0.503. The van der Waals surface area contributed by atoms with Crippen LogP contribution in [-0.2, 0) is 12.3 Å². The van der Waals surface area contributed by atoms with E-state index in [1.807, 2.05) is 18.4 Å². The summed E-state index contributed by atoms with van der Waals surface area (Å²) >= 11 is 7.44. The predicted octanol–water partition coefficient (Wildman–Crippen LogP) is 4.32. The van der Waals surface area contributed by atoms with Crippen LogP contribution in [0.15, 0.2) is 34.7 Å². The number of thioether (sulfide) groups is 1. The van der Waals surface area contributed by atoms with Crippen LogP contribution in [-0.4, -0.2) is 11.2 Å². The Morgan fingerprint density at radius 1 is 1.35 bits per heavy atom. The molecule has 0 aliphatic rings. The SMILES string of the molecule is CSCc1ccc(CNc2ccc(Cl)c([N+](=O)[O-])c2)o1. The Balaban J connectivity index is 2.03. The molecule has 1 heterocycles. The third-order valence-electron chi connectivity index (χ3n) is 2.61. The van der Waals surface area contributed by atoms with Crippen LogP contribution in [0.4, 0.5) is 11.4 Å². The van der Waals surface area contributed by atoms with Crippen molar-refractivity contribution in [3.8, 4) is 0 Å². The van der Waals surface area contributed by atoms with E-state index in [-0.39, 0.29) is 10.7 Å². The number of nitro benzene ring substituents is 1. The Bertz CT molecular complexity index is 615. The lowest BCUT2D eigenvalue weighted by Crippen LogP contribution is -1.99. The molecule has 0 fully saturated rings. The number of nitrogens with one attached hydrogen (secondary N) is 1. The first-order chi connectivity index (χ1) is 9.60. The number of nitro groups is 1. The molecular weight excluding hydrogens is 300 g/mol. The molecule has 0 atom stereocenters. The summed E-state index contributed by atoms with van der Waals surface area (Å²) in [5, 5.41) is 14.0. The fourth-order valence-electron chi connectivity index (χ4n) is 1.69. The summed E-state index contributed by atoms with van der Waals surface area (Å²) in [5.74, 6) is 2.52. The summed E-state index contributed by atoms with van der Waals surface area (Å²) in [6.45, 7) is 0.465. The van der Waals surface area contributed by atoms with Gasteiger partial charge in [-0.25, -0.2) is 0 Å². The van der Waals surface area contributed by atoms with Crippen LogP contribution in [0.25, 0.3) is 0 Å². The average Bonchev–Trinajstić information content (AvgIpc) is 2.86. The fourth-order valence-corrected chi connectivity index (χ4v) is 2.32. The zero-order chi connectivity index (χ0) is 14.5. The molecule has 0 spiro atoms. The van der Waals surface area contributed by atoms with Gasteiger partial charge in [-0.15, -0.1) is 0 Å². The maximum absolute atomic E-state index is 10.8. The van der Waals surface area contributed by atoms with Crippen molar-refractivity contribution in [1.29, 1.82) is 0 Å². The van der Waals surface area contributed by atoms with Gasteiger partial charge in [0.05, 0.1) is 17.2 Å². The minimum Gasteiger partial charge on any atom is -0.463 e. The Morgan fingerprint density at radius 3 is 2.80 bits per heavy atom. The highest BCUT2D eigenvalue weighted by Gasteiger charge is 2.12. The number of halogens is 1. The lowest BCUT2D eigenvalue weighted by atomic mass is 10.2. The van der Waals surface area contributed by atoms with Crippen LogP contribution < -0.4 is 5.32 Å². The molecule has 0 radical (unpaired) electrons. The largest absolute Gasteiger partial charge is 0.463 e. The van der Waals surface area contributed by atoms with Crippen molar-refractivity contribution in [2.45, 2.75) is 12.3 Å². The van der Waals surface area contributed by atoms with E-state index in [0.717, 1.165) is 17.3 Å². The molecule has 0 saturated heterocycles. The van der Waals surface area contributed by atoms with Crippen LogP contribution in [0, 0.1) is 10.1 Å². The van der Waals surface area contributed by atoms with E-state index in [2.05, 4.69) is 5.32 Å². The van der Waals surface area contributed by atoms with Crippen molar-refractivity contribution >= 4 is 34.7 Å². The van der Waals surface area contributed by atoms with Crippen LogP contribution in [0.5, 0.6) is 0 Å². The van der Waals surface area contributed by atoms with Gasteiger partial charge >= 0.3 is 0 Å². The van der Waals surface area contributed by atoms with Gasteiger partial charge in [-0.05, 0) is 30.5 Å². The highest BCUT2D eigenvalue weighted by atomic mass is 35.5. The second-order valence-corrected chi connectivity index (χ2v) is 5.35. The second-order valence-electron chi connectivity index (χ2n) is 4.08. The van der Waals surface area contributed by atoms with Crippen molar-refractivity contribution in [2.24, 2.45) is 0 Å². The fraction of sp³-hybridized carbons (Fsp3) is 0.231. The highest BCUT2D eigenvalue weighted by Crippen LogP contribution is 2.27. The third kappa shape index (κ3) is 3.68. The summed E-state index contributed by atoms with van der Waals surface area (Å²) in [4.78, 5) is 10.3. The molecule has 5 nitrogen and oxygen atoms in total. The van der Waals surface area contributed by atoms with Crippen molar-refractivity contribution < 1.29 is 9.34 Å². The van der Waals surface area contributed by atoms with Gasteiger partial charge < -0.3 is 9.73 Å². The molecule has 2 aromatic rings. The second kappa shape index (κ2) is 6.67. The van der Waals surface area contributed by atoms with E-state index in [4.69, 9.17) is 16.0 Å². The van der Waals surface area contributed by atoms with Crippen LogP contribution in [0.3, 0.4) is 0 Å². The molecule has 0 aliphatic carbocycles. The van der Waals surface area contributed by atoms with Gasteiger partial charge in [-0.2, -0.15) is 11.8 Å². The minimum absolute atomic E-state index is 0.112. The molecule has 106 valence electrons. The lowest BCUT2D eigenvalue weighted by molar-refractivity contribution is -0.384. The monoisotopic (exact) mass is 312 g/mol. The number of rotatable bonds is 6. The van der Waals surface area contributed by atoms with E-state index in [1.165, 1.54) is 12.1 Å². The lowest BCUT2D eigenvalue weighted by Gasteiger charge is -2.05. The van der Waals surface area contributed by atoms with Gasteiger partial charge in [0.25, 0.3) is 5.69 Å². The standard InChI is InChI=1S/C13H13ClN2O3S/c1-20-8-11-4-3-10(19-11)7-15-9-2-5-12(14)13(6-9)16(17)18/h2-6,15H,7-8H2,1H3. The van der Waals surface area contributed by atoms with Gasteiger partial charge in [0.2, 0.25) is 0 Å². The van der Waals surface area contributed by atoms with E-state index >= 15 is 0 Å². The average molecular weight is 313 g/mol. The molecule has 20 heavy (non-hydrogen) atoms. The Kier molecular flexibility index (Phi) is 4.92. The summed E-state index contributed by atoms with van der Waals surface area (Å²) in [6, 6.07) is 8.43. The quantitative estimate of drug-likeness (QED) is 0.635. The summed E-state index contributed by atoms with van der Waals surface area (Å²) in [7, 11) is 0. The van der Waals surface area contributed by atoms with Crippen molar-refractivity contribution in [3.63, 3.8) is 0 Å². The zero-order valence-electron chi connectivity index (χ0n) is 10.8. The van der Waals surface area contributed by atoms with E-state index in [0.29, 0.717) is 12.2 Å². The molecule has 0 unspecified atom stereocenters.